The monoisotopic (exact) mass is 408 g/mol. The minimum atomic E-state index is -0.493. The number of hydrogen-bond donors (Lipinski definition) is 2. The Morgan fingerprint density at radius 2 is 2.10 bits per heavy atom. The molecule has 0 bridgehead atoms. The first-order valence-electron chi connectivity index (χ1n) is 9.80. The van der Waals surface area contributed by atoms with Crippen LogP contribution in [-0.4, -0.2) is 35.6 Å². The molecule has 1 atom stereocenters. The zero-order chi connectivity index (χ0) is 21.7. The molecular weight excluding hydrogens is 384 g/mol. The van der Waals surface area contributed by atoms with Gasteiger partial charge < -0.3 is 19.9 Å². The summed E-state index contributed by atoms with van der Waals surface area (Å²) in [4.78, 5) is 37.3. The van der Waals surface area contributed by atoms with Crippen molar-refractivity contribution < 1.29 is 14.3 Å². The van der Waals surface area contributed by atoms with Crippen LogP contribution in [0.4, 0.5) is 5.69 Å². The van der Waals surface area contributed by atoms with Crippen LogP contribution in [0.5, 0.6) is 0 Å². The van der Waals surface area contributed by atoms with Gasteiger partial charge in [0.05, 0.1) is 6.10 Å². The molecule has 2 amide bonds. The van der Waals surface area contributed by atoms with Crippen molar-refractivity contribution in [3.63, 3.8) is 0 Å². The van der Waals surface area contributed by atoms with Gasteiger partial charge in [-0.2, -0.15) is 5.26 Å². The van der Waals surface area contributed by atoms with Crippen LogP contribution in [0.2, 0.25) is 0 Å². The van der Waals surface area contributed by atoms with Crippen LogP contribution in [0.15, 0.2) is 35.1 Å². The normalized spacial score (nSPS) is 15.4. The number of nitrogens with one attached hydrogen (secondary N) is 2. The average molecular weight is 408 g/mol. The van der Waals surface area contributed by atoms with Crippen molar-refractivity contribution in [3.8, 4) is 6.07 Å². The molecule has 1 fully saturated rings. The summed E-state index contributed by atoms with van der Waals surface area (Å²) in [6.45, 7) is 4.34. The van der Waals surface area contributed by atoms with Gasteiger partial charge in [0, 0.05) is 30.1 Å². The Balaban J connectivity index is 1.66. The maximum Gasteiger partial charge on any atom is 0.269 e. The predicted octanol–water partition coefficient (Wildman–Crippen LogP) is 1.88. The molecule has 2 N–H and O–H groups in total. The highest BCUT2D eigenvalue weighted by molar-refractivity contribution is 5.97. The first kappa shape index (κ1) is 21.3. The quantitative estimate of drug-likeness (QED) is 0.758. The lowest BCUT2D eigenvalue weighted by Crippen LogP contribution is -2.32. The number of anilines is 1. The molecule has 1 aromatic heterocycles. The summed E-state index contributed by atoms with van der Waals surface area (Å²) in [6, 6.07) is 10.2. The van der Waals surface area contributed by atoms with Gasteiger partial charge in [-0.3, -0.25) is 14.4 Å². The van der Waals surface area contributed by atoms with Gasteiger partial charge in [0.1, 0.15) is 18.2 Å². The van der Waals surface area contributed by atoms with E-state index in [1.54, 1.807) is 44.2 Å². The Hall–Kier alpha value is -3.44. The zero-order valence-electron chi connectivity index (χ0n) is 17.0. The number of aromatic nitrogens is 1. The van der Waals surface area contributed by atoms with Crippen molar-refractivity contribution in [2.45, 2.75) is 39.3 Å². The second-order valence-corrected chi connectivity index (χ2v) is 7.32. The third-order valence-electron chi connectivity index (χ3n) is 5.04. The van der Waals surface area contributed by atoms with E-state index in [9.17, 15) is 14.4 Å². The maximum atomic E-state index is 12.5. The van der Waals surface area contributed by atoms with Gasteiger partial charge in [-0.15, -0.1) is 0 Å². The Labute approximate surface area is 174 Å². The molecule has 3 rings (SSSR count). The summed E-state index contributed by atoms with van der Waals surface area (Å²) in [5, 5.41) is 14.7. The van der Waals surface area contributed by atoms with Crippen LogP contribution in [0.25, 0.3) is 0 Å². The van der Waals surface area contributed by atoms with Crippen molar-refractivity contribution in [3.05, 3.63) is 63.1 Å². The third kappa shape index (κ3) is 4.93. The van der Waals surface area contributed by atoms with Crippen LogP contribution < -0.4 is 16.2 Å². The van der Waals surface area contributed by atoms with Gasteiger partial charge in [-0.25, -0.2) is 0 Å². The number of rotatable bonds is 6. The molecule has 1 unspecified atom stereocenters. The fraction of sp³-hybridized carbons (Fsp3) is 0.364. The predicted molar refractivity (Wildman–Crippen MR) is 111 cm³/mol. The third-order valence-corrected chi connectivity index (χ3v) is 5.04. The molecule has 2 heterocycles. The molecule has 8 nitrogen and oxygen atoms in total. The summed E-state index contributed by atoms with van der Waals surface area (Å²) in [6.07, 6.45) is 1.98. The van der Waals surface area contributed by atoms with Crippen molar-refractivity contribution in [1.29, 1.82) is 5.26 Å². The fourth-order valence-electron chi connectivity index (χ4n) is 3.46. The summed E-state index contributed by atoms with van der Waals surface area (Å²) < 4.78 is 6.76. The molecular formula is C22H24N4O4. The van der Waals surface area contributed by atoms with Crippen LogP contribution in [0.3, 0.4) is 0 Å². The number of amides is 2. The second kappa shape index (κ2) is 9.37. The number of ether oxygens (including phenoxy) is 1. The summed E-state index contributed by atoms with van der Waals surface area (Å²) in [5.74, 6) is -0.671. The lowest BCUT2D eigenvalue weighted by molar-refractivity contribution is -0.116. The first-order valence-corrected chi connectivity index (χ1v) is 9.80. The van der Waals surface area contributed by atoms with Crippen molar-refractivity contribution in [2.24, 2.45) is 0 Å². The molecule has 1 aromatic carbocycles. The molecule has 8 heteroatoms. The standard InChI is InChI=1S/C22H24N4O4/c1-14-9-15(2)26(22(29)19(14)11-23)13-20(27)25-17-6-3-5-16(10-17)21(28)24-12-18-7-4-8-30-18/h3,5-6,9-10,18H,4,7-8,12-13H2,1-2H3,(H,24,28)(H,25,27). The number of hydrogen-bond acceptors (Lipinski definition) is 5. The molecule has 1 aliphatic rings. The summed E-state index contributed by atoms with van der Waals surface area (Å²) in [7, 11) is 0. The number of nitrogens with zero attached hydrogens (tertiary/aromatic N) is 2. The van der Waals surface area contributed by atoms with Crippen LogP contribution in [0, 0.1) is 25.2 Å². The van der Waals surface area contributed by atoms with Crippen molar-refractivity contribution in [2.75, 3.05) is 18.5 Å². The molecule has 1 saturated heterocycles. The lowest BCUT2D eigenvalue weighted by Gasteiger charge is -2.13. The van der Waals surface area contributed by atoms with E-state index in [-0.39, 0.29) is 24.1 Å². The topological polar surface area (TPSA) is 113 Å². The highest BCUT2D eigenvalue weighted by Gasteiger charge is 2.17. The van der Waals surface area contributed by atoms with Gasteiger partial charge in [0.25, 0.3) is 11.5 Å². The Morgan fingerprint density at radius 3 is 2.80 bits per heavy atom. The van der Waals surface area contributed by atoms with E-state index >= 15 is 0 Å². The van der Waals surface area contributed by atoms with E-state index in [2.05, 4.69) is 10.6 Å². The zero-order valence-corrected chi connectivity index (χ0v) is 17.0. The Morgan fingerprint density at radius 1 is 1.30 bits per heavy atom. The molecule has 0 radical (unpaired) electrons. The minimum absolute atomic E-state index is 0.0262. The molecule has 0 aliphatic carbocycles. The van der Waals surface area contributed by atoms with E-state index in [4.69, 9.17) is 10.00 Å². The molecule has 2 aromatic rings. The highest BCUT2D eigenvalue weighted by Crippen LogP contribution is 2.13. The first-order chi connectivity index (χ1) is 14.4. The smallest absolute Gasteiger partial charge is 0.269 e. The van der Waals surface area contributed by atoms with E-state index in [0.717, 1.165) is 19.4 Å². The Bertz CT molecular complexity index is 1060. The lowest BCUT2D eigenvalue weighted by atomic mass is 10.1. The maximum absolute atomic E-state index is 12.5. The van der Waals surface area contributed by atoms with Gasteiger partial charge in [-0.05, 0) is 56.5 Å². The highest BCUT2D eigenvalue weighted by atomic mass is 16.5. The van der Waals surface area contributed by atoms with Gasteiger partial charge in [-0.1, -0.05) is 6.07 Å². The van der Waals surface area contributed by atoms with Gasteiger partial charge in [0.2, 0.25) is 5.91 Å². The number of carbonyl (C=O) groups is 2. The van der Waals surface area contributed by atoms with Crippen LogP contribution >= 0.6 is 0 Å². The number of carbonyl (C=O) groups excluding carboxylic acids is 2. The van der Waals surface area contributed by atoms with E-state index in [0.29, 0.717) is 29.1 Å². The van der Waals surface area contributed by atoms with E-state index < -0.39 is 11.5 Å². The summed E-state index contributed by atoms with van der Waals surface area (Å²) >= 11 is 0. The van der Waals surface area contributed by atoms with Crippen molar-refractivity contribution >= 4 is 17.5 Å². The van der Waals surface area contributed by atoms with Crippen molar-refractivity contribution in [1.82, 2.24) is 9.88 Å². The fourth-order valence-corrected chi connectivity index (χ4v) is 3.46. The van der Waals surface area contributed by atoms with Gasteiger partial charge in [0.15, 0.2) is 0 Å². The second-order valence-electron chi connectivity index (χ2n) is 7.32. The molecule has 1 aliphatic heterocycles. The molecule has 0 saturated carbocycles. The minimum Gasteiger partial charge on any atom is -0.376 e. The Kier molecular flexibility index (Phi) is 6.65. The number of benzene rings is 1. The molecule has 0 spiro atoms. The number of aryl methyl sites for hydroxylation is 2. The number of nitriles is 1. The number of pyridine rings is 1. The molecule has 30 heavy (non-hydrogen) atoms. The SMILES string of the molecule is Cc1cc(C)n(CC(=O)Nc2cccc(C(=O)NCC3CCCO3)c2)c(=O)c1C#N. The van der Waals surface area contributed by atoms with Gasteiger partial charge >= 0.3 is 0 Å². The van der Waals surface area contributed by atoms with E-state index in [1.807, 2.05) is 6.07 Å². The van der Waals surface area contributed by atoms with Crippen LogP contribution in [-0.2, 0) is 16.1 Å². The van der Waals surface area contributed by atoms with Crippen LogP contribution in [0.1, 0.15) is 40.0 Å². The molecule has 156 valence electrons. The average Bonchev–Trinajstić information content (AvgIpc) is 3.23. The van der Waals surface area contributed by atoms with E-state index in [1.165, 1.54) is 4.57 Å². The summed E-state index contributed by atoms with van der Waals surface area (Å²) in [5.41, 5.74) is 1.57. The largest absolute Gasteiger partial charge is 0.376 e.